The number of hydrogen-bond acceptors (Lipinski definition) is 4. The van der Waals surface area contributed by atoms with E-state index in [1.54, 1.807) is 12.1 Å². The maximum absolute atomic E-state index is 13.2. The van der Waals surface area contributed by atoms with Gasteiger partial charge in [0, 0.05) is 12.1 Å². The summed E-state index contributed by atoms with van der Waals surface area (Å²) in [5.41, 5.74) is 5.60. The van der Waals surface area contributed by atoms with Crippen molar-refractivity contribution >= 4 is 29.1 Å². The summed E-state index contributed by atoms with van der Waals surface area (Å²) in [4.78, 5) is 37.1. The van der Waals surface area contributed by atoms with Crippen LogP contribution >= 0.6 is 0 Å². The van der Waals surface area contributed by atoms with Crippen LogP contribution in [0.2, 0.25) is 0 Å². The van der Waals surface area contributed by atoms with Crippen molar-refractivity contribution in [1.29, 1.82) is 0 Å². The van der Waals surface area contributed by atoms with E-state index < -0.39 is 35.9 Å². The number of nitrogens with zero attached hydrogens (tertiary/aromatic N) is 1. The predicted octanol–water partition coefficient (Wildman–Crippen LogP) is 1.78. The Labute approximate surface area is 134 Å². The van der Waals surface area contributed by atoms with Crippen LogP contribution in [0.1, 0.15) is 20.7 Å². The average molecular weight is 331 g/mol. The molecule has 0 atom stereocenters. The molecule has 0 radical (unpaired) electrons. The number of benzene rings is 2. The van der Waals surface area contributed by atoms with Crippen LogP contribution in [0.25, 0.3) is 0 Å². The number of nitrogens with one attached hydrogen (secondary N) is 1. The molecule has 3 N–H and O–H groups in total. The highest BCUT2D eigenvalue weighted by atomic mass is 19.2. The normalized spacial score (nSPS) is 13.2. The molecule has 0 spiro atoms. The number of anilines is 2. The first-order valence-corrected chi connectivity index (χ1v) is 6.88. The van der Waals surface area contributed by atoms with Gasteiger partial charge in [-0.25, -0.2) is 8.78 Å². The number of carbonyl (C=O) groups excluding carboxylic acids is 3. The highest BCUT2D eigenvalue weighted by Crippen LogP contribution is 2.24. The Balaban J connectivity index is 1.76. The fourth-order valence-corrected chi connectivity index (χ4v) is 2.39. The quantitative estimate of drug-likeness (QED) is 0.662. The molecular weight excluding hydrogens is 320 g/mol. The zero-order valence-electron chi connectivity index (χ0n) is 12.2. The van der Waals surface area contributed by atoms with Gasteiger partial charge in [0.05, 0.1) is 22.5 Å². The molecule has 1 aliphatic heterocycles. The maximum Gasteiger partial charge on any atom is 0.262 e. The van der Waals surface area contributed by atoms with Crippen molar-refractivity contribution in [2.24, 2.45) is 0 Å². The molecule has 0 aliphatic carbocycles. The van der Waals surface area contributed by atoms with Crippen molar-refractivity contribution in [2.45, 2.75) is 0 Å². The standard InChI is InChI=1S/C16H11F2N3O3/c17-10-5-12(19)13(6-11(10)18)20-14(22)7-21-15(23)8-3-1-2-4-9(8)16(21)24/h1-6H,7,19H2,(H,20,22). The molecule has 0 saturated carbocycles. The van der Waals surface area contributed by atoms with Crippen LogP contribution in [0.3, 0.4) is 0 Å². The summed E-state index contributed by atoms with van der Waals surface area (Å²) in [6, 6.07) is 7.64. The zero-order chi connectivity index (χ0) is 17.4. The van der Waals surface area contributed by atoms with Crippen LogP contribution in [0.5, 0.6) is 0 Å². The molecule has 1 aliphatic rings. The number of fused-ring (bicyclic) bond motifs is 1. The smallest absolute Gasteiger partial charge is 0.262 e. The fraction of sp³-hybridized carbons (Fsp3) is 0.0625. The van der Waals surface area contributed by atoms with Gasteiger partial charge in [-0.1, -0.05) is 12.1 Å². The van der Waals surface area contributed by atoms with Gasteiger partial charge in [0.2, 0.25) is 5.91 Å². The van der Waals surface area contributed by atoms with Crippen molar-refractivity contribution in [3.8, 4) is 0 Å². The number of nitrogen functional groups attached to an aromatic ring is 1. The molecule has 0 aromatic heterocycles. The number of imide groups is 1. The molecular formula is C16H11F2N3O3. The summed E-state index contributed by atoms with van der Waals surface area (Å²) in [6.07, 6.45) is 0. The third-order valence-electron chi connectivity index (χ3n) is 3.55. The van der Waals surface area contributed by atoms with Crippen LogP contribution in [-0.2, 0) is 4.79 Å². The van der Waals surface area contributed by atoms with Gasteiger partial charge in [-0.3, -0.25) is 19.3 Å². The largest absolute Gasteiger partial charge is 0.397 e. The van der Waals surface area contributed by atoms with Crippen molar-refractivity contribution in [2.75, 3.05) is 17.6 Å². The number of nitrogens with two attached hydrogens (primary N) is 1. The first-order chi connectivity index (χ1) is 11.4. The Bertz CT molecular complexity index is 848. The lowest BCUT2D eigenvalue weighted by Crippen LogP contribution is -2.37. The molecule has 0 unspecified atom stereocenters. The van der Waals surface area contributed by atoms with E-state index in [0.717, 1.165) is 17.0 Å². The molecule has 0 saturated heterocycles. The first-order valence-electron chi connectivity index (χ1n) is 6.88. The van der Waals surface area contributed by atoms with Gasteiger partial charge in [0.15, 0.2) is 11.6 Å². The Hall–Kier alpha value is -3.29. The molecule has 3 rings (SSSR count). The summed E-state index contributed by atoms with van der Waals surface area (Å²) in [7, 11) is 0. The highest BCUT2D eigenvalue weighted by Gasteiger charge is 2.36. The van der Waals surface area contributed by atoms with E-state index in [0.29, 0.717) is 0 Å². The van der Waals surface area contributed by atoms with Crippen LogP contribution in [0, 0.1) is 11.6 Å². The Morgan fingerprint density at radius 1 is 1.04 bits per heavy atom. The molecule has 6 nitrogen and oxygen atoms in total. The highest BCUT2D eigenvalue weighted by molar-refractivity contribution is 6.22. The van der Waals surface area contributed by atoms with E-state index in [-0.39, 0.29) is 22.5 Å². The van der Waals surface area contributed by atoms with E-state index >= 15 is 0 Å². The van der Waals surface area contributed by atoms with Gasteiger partial charge < -0.3 is 11.1 Å². The number of rotatable bonds is 3. The van der Waals surface area contributed by atoms with E-state index in [1.165, 1.54) is 12.1 Å². The third-order valence-corrected chi connectivity index (χ3v) is 3.55. The lowest BCUT2D eigenvalue weighted by Gasteiger charge is -2.14. The SMILES string of the molecule is Nc1cc(F)c(F)cc1NC(=O)CN1C(=O)c2ccccc2C1=O. The maximum atomic E-state index is 13.2. The Kier molecular flexibility index (Phi) is 3.72. The molecule has 3 amide bonds. The van der Waals surface area contributed by atoms with Crippen LogP contribution in [-0.4, -0.2) is 29.2 Å². The summed E-state index contributed by atoms with van der Waals surface area (Å²) in [5.74, 6) is -4.28. The monoisotopic (exact) mass is 331 g/mol. The average Bonchev–Trinajstić information content (AvgIpc) is 2.78. The predicted molar refractivity (Wildman–Crippen MR) is 81.2 cm³/mol. The van der Waals surface area contributed by atoms with Crippen LogP contribution in [0.4, 0.5) is 20.2 Å². The summed E-state index contributed by atoms with van der Waals surface area (Å²) >= 11 is 0. The van der Waals surface area contributed by atoms with Crippen LogP contribution in [0.15, 0.2) is 36.4 Å². The number of carbonyl (C=O) groups is 3. The van der Waals surface area contributed by atoms with Gasteiger partial charge in [-0.15, -0.1) is 0 Å². The van der Waals surface area contributed by atoms with Crippen molar-refractivity contribution < 1.29 is 23.2 Å². The second-order valence-electron chi connectivity index (χ2n) is 5.14. The zero-order valence-corrected chi connectivity index (χ0v) is 12.2. The number of halogens is 2. The van der Waals surface area contributed by atoms with Crippen LogP contribution < -0.4 is 11.1 Å². The molecule has 1 heterocycles. The second kappa shape index (κ2) is 5.73. The summed E-state index contributed by atoms with van der Waals surface area (Å²) < 4.78 is 26.2. The number of amides is 3. The van der Waals surface area contributed by atoms with Gasteiger partial charge in [0.25, 0.3) is 11.8 Å². The van der Waals surface area contributed by atoms with Crippen molar-refractivity contribution in [1.82, 2.24) is 4.90 Å². The molecule has 122 valence electrons. The molecule has 24 heavy (non-hydrogen) atoms. The van der Waals surface area contributed by atoms with Gasteiger partial charge in [-0.05, 0) is 12.1 Å². The lowest BCUT2D eigenvalue weighted by atomic mass is 10.1. The van der Waals surface area contributed by atoms with Crippen molar-refractivity contribution in [3.63, 3.8) is 0 Å². The van der Waals surface area contributed by atoms with Crippen molar-refractivity contribution in [3.05, 3.63) is 59.2 Å². The van der Waals surface area contributed by atoms with E-state index in [9.17, 15) is 23.2 Å². The summed E-state index contributed by atoms with van der Waals surface area (Å²) in [5, 5.41) is 2.26. The molecule has 2 aromatic carbocycles. The van der Waals surface area contributed by atoms with E-state index in [4.69, 9.17) is 5.73 Å². The number of hydrogen-bond donors (Lipinski definition) is 2. The molecule has 8 heteroatoms. The topological polar surface area (TPSA) is 92.5 Å². The second-order valence-corrected chi connectivity index (χ2v) is 5.14. The first kappa shape index (κ1) is 15.6. The Morgan fingerprint density at radius 3 is 2.17 bits per heavy atom. The lowest BCUT2D eigenvalue weighted by molar-refractivity contribution is -0.116. The summed E-state index contributed by atoms with van der Waals surface area (Å²) in [6.45, 7) is -0.565. The minimum atomic E-state index is -1.18. The Morgan fingerprint density at radius 2 is 1.58 bits per heavy atom. The minimum absolute atomic E-state index is 0.143. The molecule has 0 bridgehead atoms. The third kappa shape index (κ3) is 2.58. The van der Waals surface area contributed by atoms with E-state index in [2.05, 4.69) is 5.32 Å². The van der Waals surface area contributed by atoms with Gasteiger partial charge in [0.1, 0.15) is 6.54 Å². The van der Waals surface area contributed by atoms with Gasteiger partial charge >= 0.3 is 0 Å². The molecule has 2 aromatic rings. The van der Waals surface area contributed by atoms with Gasteiger partial charge in [-0.2, -0.15) is 0 Å². The minimum Gasteiger partial charge on any atom is -0.397 e. The molecule has 0 fully saturated rings. The van der Waals surface area contributed by atoms with E-state index in [1.807, 2.05) is 0 Å². The fourth-order valence-electron chi connectivity index (χ4n) is 2.39.